The van der Waals surface area contributed by atoms with Crippen molar-refractivity contribution < 1.29 is 66.6 Å². The van der Waals surface area contributed by atoms with Gasteiger partial charge in [0.05, 0.1) is 0 Å². The third-order valence-corrected chi connectivity index (χ3v) is 0. The van der Waals surface area contributed by atoms with Gasteiger partial charge in [-0.05, 0) is 0 Å². The SMILES string of the molecule is [Cl-].[K+].[O]=[BiH]. The Balaban J connectivity index is -0.00000000500. The summed E-state index contributed by atoms with van der Waals surface area (Å²) in [4.78, 5) is 0. The molecule has 0 aliphatic heterocycles. The van der Waals surface area contributed by atoms with Crippen LogP contribution in [0.25, 0.3) is 0 Å². The molecule has 0 spiro atoms. The van der Waals surface area contributed by atoms with Gasteiger partial charge in [-0.2, -0.15) is 0 Å². The number of hydrogen-bond acceptors (Lipinski definition) is 1. The van der Waals surface area contributed by atoms with Gasteiger partial charge in [0, 0.05) is 0 Å². The molecular formula is HBiClKO. The van der Waals surface area contributed by atoms with E-state index in [1.165, 1.54) is 0 Å². The van der Waals surface area contributed by atoms with Crippen molar-refractivity contribution in [2.45, 2.75) is 0 Å². The van der Waals surface area contributed by atoms with Crippen molar-refractivity contribution in [3.05, 3.63) is 0 Å². The van der Waals surface area contributed by atoms with Gasteiger partial charge in [-0.25, -0.2) is 0 Å². The van der Waals surface area contributed by atoms with E-state index in [1.54, 1.807) is 0 Å². The van der Waals surface area contributed by atoms with Crippen molar-refractivity contribution in [1.82, 2.24) is 0 Å². The molecule has 4 heavy (non-hydrogen) atoms. The predicted molar refractivity (Wildman–Crippen MR) is 7.84 cm³/mol. The first-order valence-corrected chi connectivity index (χ1v) is 1.79. The van der Waals surface area contributed by atoms with E-state index in [0.717, 1.165) is 0 Å². The maximum absolute atomic E-state index is 8.39. The van der Waals surface area contributed by atoms with Gasteiger partial charge in [0.2, 0.25) is 0 Å². The molecular weight excluding hydrogens is 300 g/mol. The van der Waals surface area contributed by atoms with Crippen molar-refractivity contribution in [2.24, 2.45) is 0 Å². The molecule has 20 valence electrons. The van der Waals surface area contributed by atoms with Crippen molar-refractivity contribution in [3.63, 3.8) is 0 Å². The van der Waals surface area contributed by atoms with E-state index in [-0.39, 0.29) is 88.5 Å². The van der Waals surface area contributed by atoms with E-state index in [2.05, 4.69) is 0 Å². The van der Waals surface area contributed by atoms with Gasteiger partial charge in [-0.3, -0.25) is 0 Å². The molecule has 0 N–H and O–H groups in total. The summed E-state index contributed by atoms with van der Waals surface area (Å²) >= 11 is 0.0556. The summed E-state index contributed by atoms with van der Waals surface area (Å²) in [5.74, 6) is 0. The van der Waals surface area contributed by atoms with Crippen LogP contribution in [0.15, 0.2) is 0 Å². The molecule has 0 saturated heterocycles. The van der Waals surface area contributed by atoms with Crippen molar-refractivity contribution in [1.29, 1.82) is 0 Å². The fourth-order valence-corrected chi connectivity index (χ4v) is 0. The minimum absolute atomic E-state index is 0. The number of halogens is 1. The third kappa shape index (κ3) is 8.82. The van der Waals surface area contributed by atoms with Crippen LogP contribution in [0.4, 0.5) is 0 Å². The standard InChI is InChI=1S/Bi.ClH.K.O.H/h;1H;;;/q;;+1;;/p-1. The van der Waals surface area contributed by atoms with Gasteiger partial charge in [-0.15, -0.1) is 0 Å². The Hall–Kier alpha value is 2.61. The molecule has 0 aromatic rings. The monoisotopic (exact) mass is 300 g/mol. The fraction of sp³-hybridized carbons (Fsp3) is 0. The first kappa shape index (κ1) is 16.0. The third-order valence-electron chi connectivity index (χ3n) is 0. The normalized spacial score (nSPS) is 1.00. The van der Waals surface area contributed by atoms with Gasteiger partial charge < -0.3 is 12.4 Å². The number of hydrogen-bond donors (Lipinski definition) is 0. The zero-order chi connectivity index (χ0) is 2.00. The average molecular weight is 301 g/mol. The summed E-state index contributed by atoms with van der Waals surface area (Å²) in [7, 11) is 0. The Morgan fingerprint density at radius 2 is 1.25 bits per heavy atom. The van der Waals surface area contributed by atoms with Gasteiger partial charge >= 0.3 is 78.9 Å². The van der Waals surface area contributed by atoms with E-state index in [4.69, 9.17) is 2.81 Å². The molecule has 0 fully saturated rings. The molecule has 4 heteroatoms. The summed E-state index contributed by atoms with van der Waals surface area (Å²) in [5, 5.41) is 0. The quantitative estimate of drug-likeness (QED) is 0.407. The molecule has 0 rings (SSSR count). The first-order chi connectivity index (χ1) is 1.00. The summed E-state index contributed by atoms with van der Waals surface area (Å²) in [6.07, 6.45) is 0. The molecule has 0 unspecified atom stereocenters. The summed E-state index contributed by atoms with van der Waals surface area (Å²) in [6, 6.07) is 0. The van der Waals surface area contributed by atoms with Crippen molar-refractivity contribution in [3.8, 4) is 0 Å². The second kappa shape index (κ2) is 17.5. The second-order valence-electron chi connectivity index (χ2n) is 0. The molecule has 0 saturated carbocycles. The predicted octanol–water partition coefficient (Wildman–Crippen LogP) is -6.76. The Bertz CT molecular complexity index is 8.00. The molecule has 0 atom stereocenters. The molecule has 0 heterocycles. The second-order valence-corrected chi connectivity index (χ2v) is 0. The van der Waals surface area contributed by atoms with Crippen molar-refractivity contribution >= 4 is 24.7 Å². The van der Waals surface area contributed by atoms with Crippen molar-refractivity contribution in [2.75, 3.05) is 0 Å². The van der Waals surface area contributed by atoms with E-state index in [0.29, 0.717) is 0 Å². The zero-order valence-electron chi connectivity index (χ0n) is 2.29. The first-order valence-electron chi connectivity index (χ1n) is 0.204. The molecule has 0 bridgehead atoms. The summed E-state index contributed by atoms with van der Waals surface area (Å²) in [5.41, 5.74) is 0. The van der Waals surface area contributed by atoms with Crippen LogP contribution in [-0.4, -0.2) is 24.7 Å². The van der Waals surface area contributed by atoms with E-state index >= 15 is 0 Å². The Morgan fingerprint density at radius 3 is 1.25 bits per heavy atom. The maximum atomic E-state index is 8.39. The molecule has 0 radical (unpaired) electrons. The Morgan fingerprint density at radius 1 is 1.25 bits per heavy atom. The van der Waals surface area contributed by atoms with Crippen LogP contribution in [0, 0.1) is 0 Å². The topological polar surface area (TPSA) is 17.1 Å². The van der Waals surface area contributed by atoms with E-state index in [1.807, 2.05) is 0 Å². The van der Waals surface area contributed by atoms with Gasteiger partial charge in [0.1, 0.15) is 0 Å². The van der Waals surface area contributed by atoms with Crippen LogP contribution in [-0.2, 0) is 2.81 Å². The van der Waals surface area contributed by atoms with Crippen LogP contribution in [0.1, 0.15) is 0 Å². The molecule has 0 amide bonds. The van der Waals surface area contributed by atoms with E-state index in [9.17, 15) is 0 Å². The average Bonchev–Trinajstić information content (AvgIpc) is 1.00. The molecule has 0 aromatic carbocycles. The van der Waals surface area contributed by atoms with Crippen LogP contribution < -0.4 is 63.8 Å². The molecule has 0 aliphatic carbocycles. The summed E-state index contributed by atoms with van der Waals surface area (Å²) in [6.45, 7) is 0. The Labute approximate surface area is 89.0 Å². The van der Waals surface area contributed by atoms with Gasteiger partial charge in [0.15, 0.2) is 0 Å². The molecule has 0 aliphatic rings. The molecule has 1 nitrogen and oxygen atoms in total. The van der Waals surface area contributed by atoms with Crippen LogP contribution in [0.5, 0.6) is 0 Å². The Kier molecular flexibility index (Phi) is 69.9. The summed E-state index contributed by atoms with van der Waals surface area (Å²) < 4.78 is 8.39. The van der Waals surface area contributed by atoms with Crippen LogP contribution in [0.3, 0.4) is 0 Å². The molecule has 0 aromatic heterocycles. The van der Waals surface area contributed by atoms with Crippen LogP contribution in [0.2, 0.25) is 0 Å². The van der Waals surface area contributed by atoms with Gasteiger partial charge in [-0.1, -0.05) is 0 Å². The van der Waals surface area contributed by atoms with Gasteiger partial charge in [0.25, 0.3) is 0 Å². The minimum atomic E-state index is 0. The van der Waals surface area contributed by atoms with Crippen LogP contribution >= 0.6 is 0 Å². The zero-order valence-corrected chi connectivity index (χ0v) is 10.1. The van der Waals surface area contributed by atoms with E-state index < -0.39 is 0 Å². The number of rotatable bonds is 0. The fourth-order valence-electron chi connectivity index (χ4n) is 0.